The highest BCUT2D eigenvalue weighted by Gasteiger charge is 2.36. The van der Waals surface area contributed by atoms with E-state index in [-0.39, 0.29) is 6.10 Å². The molecule has 3 atom stereocenters. The standard InChI is InChI=1S/C12H23NO2/c1-2-4-10(14)9-13-7-8-15-12-6-3-5-11(12)13/h10-12,14H,2-9H2,1H3. The summed E-state index contributed by atoms with van der Waals surface area (Å²) in [7, 11) is 0. The van der Waals surface area contributed by atoms with E-state index in [0.717, 1.165) is 32.5 Å². The van der Waals surface area contributed by atoms with Crippen LogP contribution in [0.3, 0.4) is 0 Å². The normalized spacial score (nSPS) is 34.0. The van der Waals surface area contributed by atoms with Crippen LogP contribution in [0.2, 0.25) is 0 Å². The highest BCUT2D eigenvalue weighted by molar-refractivity contribution is 4.89. The zero-order valence-electron chi connectivity index (χ0n) is 9.69. The monoisotopic (exact) mass is 213 g/mol. The summed E-state index contributed by atoms with van der Waals surface area (Å²) in [4.78, 5) is 2.45. The van der Waals surface area contributed by atoms with E-state index in [2.05, 4.69) is 11.8 Å². The number of nitrogens with zero attached hydrogens (tertiary/aromatic N) is 1. The number of hydrogen-bond donors (Lipinski definition) is 1. The first-order chi connectivity index (χ1) is 7.31. The zero-order valence-corrected chi connectivity index (χ0v) is 9.69. The second kappa shape index (κ2) is 5.28. The molecule has 15 heavy (non-hydrogen) atoms. The Morgan fingerprint density at radius 2 is 2.33 bits per heavy atom. The Balaban J connectivity index is 1.84. The molecule has 1 saturated carbocycles. The minimum Gasteiger partial charge on any atom is -0.392 e. The Morgan fingerprint density at radius 3 is 3.13 bits per heavy atom. The predicted molar refractivity (Wildman–Crippen MR) is 59.9 cm³/mol. The minimum absolute atomic E-state index is 0.144. The smallest absolute Gasteiger partial charge is 0.0730 e. The van der Waals surface area contributed by atoms with Gasteiger partial charge in [-0.25, -0.2) is 0 Å². The van der Waals surface area contributed by atoms with E-state index in [0.29, 0.717) is 12.1 Å². The van der Waals surface area contributed by atoms with Gasteiger partial charge in [-0.3, -0.25) is 4.90 Å². The van der Waals surface area contributed by atoms with Gasteiger partial charge in [-0.05, 0) is 25.7 Å². The van der Waals surface area contributed by atoms with Crippen molar-refractivity contribution in [1.82, 2.24) is 4.90 Å². The molecule has 3 unspecified atom stereocenters. The minimum atomic E-state index is -0.144. The lowest BCUT2D eigenvalue weighted by molar-refractivity contribution is -0.0677. The first-order valence-corrected chi connectivity index (χ1v) is 6.35. The zero-order chi connectivity index (χ0) is 10.7. The first-order valence-electron chi connectivity index (χ1n) is 6.35. The maximum atomic E-state index is 9.84. The van der Waals surface area contributed by atoms with Crippen molar-refractivity contribution in [1.29, 1.82) is 0 Å². The van der Waals surface area contributed by atoms with Gasteiger partial charge in [0.15, 0.2) is 0 Å². The highest BCUT2D eigenvalue weighted by Crippen LogP contribution is 2.29. The van der Waals surface area contributed by atoms with Gasteiger partial charge in [-0.2, -0.15) is 0 Å². The molecule has 1 aliphatic carbocycles. The summed E-state index contributed by atoms with van der Waals surface area (Å²) in [5, 5.41) is 9.84. The van der Waals surface area contributed by atoms with Crippen LogP contribution in [0.4, 0.5) is 0 Å². The molecule has 2 rings (SSSR count). The van der Waals surface area contributed by atoms with Crippen molar-refractivity contribution in [3.05, 3.63) is 0 Å². The largest absolute Gasteiger partial charge is 0.392 e. The molecular weight excluding hydrogens is 190 g/mol. The summed E-state index contributed by atoms with van der Waals surface area (Å²) in [6.07, 6.45) is 6.06. The molecule has 1 saturated heterocycles. The third-order valence-electron chi connectivity index (χ3n) is 3.66. The van der Waals surface area contributed by atoms with Crippen molar-refractivity contribution in [2.24, 2.45) is 0 Å². The topological polar surface area (TPSA) is 32.7 Å². The van der Waals surface area contributed by atoms with Gasteiger partial charge in [-0.15, -0.1) is 0 Å². The number of rotatable bonds is 4. The number of aliphatic hydroxyl groups excluding tert-OH is 1. The predicted octanol–water partition coefficient (Wildman–Crippen LogP) is 1.40. The number of fused-ring (bicyclic) bond motifs is 1. The lowest BCUT2D eigenvalue weighted by Gasteiger charge is -2.38. The van der Waals surface area contributed by atoms with Crippen LogP contribution in [0, 0.1) is 0 Å². The average Bonchev–Trinajstić information content (AvgIpc) is 2.67. The van der Waals surface area contributed by atoms with E-state index in [4.69, 9.17) is 4.74 Å². The molecule has 0 aromatic heterocycles. The van der Waals surface area contributed by atoms with E-state index < -0.39 is 0 Å². The third-order valence-corrected chi connectivity index (χ3v) is 3.66. The summed E-state index contributed by atoms with van der Waals surface area (Å²) < 4.78 is 5.75. The Hall–Kier alpha value is -0.120. The summed E-state index contributed by atoms with van der Waals surface area (Å²) in [6, 6.07) is 0.588. The maximum absolute atomic E-state index is 9.84. The number of ether oxygens (including phenoxy) is 1. The molecule has 0 amide bonds. The van der Waals surface area contributed by atoms with Crippen LogP contribution in [0.25, 0.3) is 0 Å². The number of hydrogen-bond acceptors (Lipinski definition) is 3. The second-order valence-electron chi connectivity index (χ2n) is 4.84. The molecular formula is C12H23NO2. The van der Waals surface area contributed by atoms with Gasteiger partial charge < -0.3 is 9.84 Å². The molecule has 0 spiro atoms. The van der Waals surface area contributed by atoms with Crippen LogP contribution in [-0.2, 0) is 4.74 Å². The van der Waals surface area contributed by atoms with Crippen molar-refractivity contribution in [3.8, 4) is 0 Å². The van der Waals surface area contributed by atoms with Gasteiger partial charge >= 0.3 is 0 Å². The van der Waals surface area contributed by atoms with E-state index in [9.17, 15) is 5.11 Å². The van der Waals surface area contributed by atoms with Gasteiger partial charge in [0.2, 0.25) is 0 Å². The Bertz CT molecular complexity index is 198. The fourth-order valence-electron chi connectivity index (χ4n) is 2.93. The first kappa shape index (κ1) is 11.4. The number of morpholine rings is 1. The summed E-state index contributed by atoms with van der Waals surface area (Å²) in [6.45, 7) is 4.82. The number of β-amino-alcohol motifs (C(OH)–C–C–N with tert-alkyl or cyclic N) is 1. The van der Waals surface area contributed by atoms with Gasteiger partial charge in [-0.1, -0.05) is 13.3 Å². The summed E-state index contributed by atoms with van der Waals surface area (Å²) in [5.41, 5.74) is 0. The van der Waals surface area contributed by atoms with Crippen LogP contribution < -0.4 is 0 Å². The molecule has 3 heteroatoms. The van der Waals surface area contributed by atoms with Gasteiger partial charge in [0, 0.05) is 19.1 Å². The molecule has 3 nitrogen and oxygen atoms in total. The van der Waals surface area contributed by atoms with Crippen molar-refractivity contribution in [3.63, 3.8) is 0 Å². The van der Waals surface area contributed by atoms with Crippen LogP contribution in [-0.4, -0.2) is 48.0 Å². The fraction of sp³-hybridized carbons (Fsp3) is 1.00. The van der Waals surface area contributed by atoms with Crippen LogP contribution in [0.1, 0.15) is 39.0 Å². The summed E-state index contributed by atoms with van der Waals surface area (Å²) in [5.74, 6) is 0. The van der Waals surface area contributed by atoms with Gasteiger partial charge in [0.05, 0.1) is 18.8 Å². The van der Waals surface area contributed by atoms with Crippen LogP contribution >= 0.6 is 0 Å². The van der Waals surface area contributed by atoms with Crippen molar-refractivity contribution >= 4 is 0 Å². The molecule has 0 radical (unpaired) electrons. The van der Waals surface area contributed by atoms with Crippen molar-refractivity contribution in [2.75, 3.05) is 19.7 Å². The van der Waals surface area contributed by atoms with Crippen LogP contribution in [0.15, 0.2) is 0 Å². The second-order valence-corrected chi connectivity index (χ2v) is 4.84. The highest BCUT2D eigenvalue weighted by atomic mass is 16.5. The number of aliphatic hydroxyl groups is 1. The lowest BCUT2D eigenvalue weighted by atomic mass is 10.1. The third kappa shape index (κ3) is 2.71. The fourth-order valence-corrected chi connectivity index (χ4v) is 2.93. The van der Waals surface area contributed by atoms with Crippen LogP contribution in [0.5, 0.6) is 0 Å². The molecule has 88 valence electrons. The van der Waals surface area contributed by atoms with E-state index in [1.54, 1.807) is 0 Å². The summed E-state index contributed by atoms with van der Waals surface area (Å²) >= 11 is 0. The van der Waals surface area contributed by atoms with E-state index in [1.807, 2.05) is 0 Å². The average molecular weight is 213 g/mol. The molecule has 2 fully saturated rings. The molecule has 1 heterocycles. The molecule has 1 N–H and O–H groups in total. The Kier molecular flexibility index (Phi) is 4.00. The van der Waals surface area contributed by atoms with E-state index in [1.165, 1.54) is 19.3 Å². The van der Waals surface area contributed by atoms with E-state index >= 15 is 0 Å². The van der Waals surface area contributed by atoms with Crippen molar-refractivity contribution < 1.29 is 9.84 Å². The maximum Gasteiger partial charge on any atom is 0.0730 e. The molecule has 2 aliphatic rings. The van der Waals surface area contributed by atoms with Gasteiger partial charge in [0.25, 0.3) is 0 Å². The van der Waals surface area contributed by atoms with Gasteiger partial charge in [0.1, 0.15) is 0 Å². The lowest BCUT2D eigenvalue weighted by Crippen LogP contribution is -2.50. The quantitative estimate of drug-likeness (QED) is 0.766. The molecule has 0 aromatic rings. The molecule has 0 aromatic carbocycles. The van der Waals surface area contributed by atoms with Crippen molar-refractivity contribution in [2.45, 2.75) is 57.3 Å². The Labute approximate surface area is 92.4 Å². The molecule has 1 aliphatic heterocycles. The SMILES string of the molecule is CCCC(O)CN1CCOC2CCCC21. The Morgan fingerprint density at radius 1 is 1.47 bits per heavy atom. The molecule has 0 bridgehead atoms.